The van der Waals surface area contributed by atoms with Crippen molar-refractivity contribution in [1.29, 1.82) is 0 Å². The first-order valence-electron chi connectivity index (χ1n) is 9.70. The SMILES string of the molecule is COC(=O)c1ccccc1N1CCOc2cc(C(=O)N3CCCCC3)ccc21. The molecule has 2 aromatic carbocycles. The Morgan fingerprint density at radius 1 is 0.964 bits per heavy atom. The minimum Gasteiger partial charge on any atom is -0.490 e. The number of amides is 1. The molecule has 1 saturated heterocycles. The van der Waals surface area contributed by atoms with Gasteiger partial charge >= 0.3 is 5.97 Å². The van der Waals surface area contributed by atoms with E-state index in [4.69, 9.17) is 9.47 Å². The Labute approximate surface area is 164 Å². The fourth-order valence-corrected chi connectivity index (χ4v) is 3.87. The summed E-state index contributed by atoms with van der Waals surface area (Å²) in [7, 11) is 1.38. The number of benzene rings is 2. The Morgan fingerprint density at radius 3 is 2.54 bits per heavy atom. The molecule has 0 atom stereocenters. The number of likely N-dealkylation sites (tertiary alicyclic amines) is 1. The molecule has 2 aromatic rings. The predicted octanol–water partition coefficient (Wildman–Crippen LogP) is 3.63. The summed E-state index contributed by atoms with van der Waals surface area (Å²) < 4.78 is 10.8. The highest BCUT2D eigenvalue weighted by molar-refractivity contribution is 5.98. The number of methoxy groups -OCH3 is 1. The summed E-state index contributed by atoms with van der Waals surface area (Å²) in [5, 5.41) is 0. The number of carbonyl (C=O) groups is 2. The summed E-state index contributed by atoms with van der Waals surface area (Å²) in [4.78, 5) is 28.9. The number of hydrogen-bond donors (Lipinski definition) is 0. The number of nitrogens with zero attached hydrogens (tertiary/aromatic N) is 2. The lowest BCUT2D eigenvalue weighted by Gasteiger charge is -2.33. The van der Waals surface area contributed by atoms with Gasteiger partial charge in [0.25, 0.3) is 5.91 Å². The summed E-state index contributed by atoms with van der Waals surface area (Å²) in [6.45, 7) is 2.72. The number of rotatable bonds is 3. The summed E-state index contributed by atoms with van der Waals surface area (Å²) in [6.07, 6.45) is 3.31. The lowest BCUT2D eigenvalue weighted by Crippen LogP contribution is -2.36. The first kappa shape index (κ1) is 18.3. The molecule has 2 aliphatic rings. The van der Waals surface area contributed by atoms with E-state index in [1.54, 1.807) is 6.07 Å². The van der Waals surface area contributed by atoms with Gasteiger partial charge in [-0.1, -0.05) is 12.1 Å². The van der Waals surface area contributed by atoms with Gasteiger partial charge in [-0.15, -0.1) is 0 Å². The average molecular weight is 380 g/mol. The van der Waals surface area contributed by atoms with Crippen LogP contribution in [0, 0.1) is 0 Å². The topological polar surface area (TPSA) is 59.1 Å². The normalized spacial score (nSPS) is 16.2. The summed E-state index contributed by atoms with van der Waals surface area (Å²) >= 11 is 0. The van der Waals surface area contributed by atoms with Crippen LogP contribution in [0.1, 0.15) is 40.0 Å². The van der Waals surface area contributed by atoms with Crippen molar-refractivity contribution >= 4 is 23.3 Å². The number of carbonyl (C=O) groups excluding carboxylic acids is 2. The van der Waals surface area contributed by atoms with E-state index in [1.165, 1.54) is 13.5 Å². The minimum atomic E-state index is -0.375. The molecular formula is C22H24N2O4. The molecule has 6 heteroatoms. The number of hydrogen-bond acceptors (Lipinski definition) is 5. The number of piperidine rings is 1. The van der Waals surface area contributed by atoms with Crippen molar-refractivity contribution in [3.63, 3.8) is 0 Å². The lowest BCUT2D eigenvalue weighted by molar-refractivity contribution is 0.0601. The predicted molar refractivity (Wildman–Crippen MR) is 106 cm³/mol. The molecule has 0 radical (unpaired) electrons. The Bertz CT molecular complexity index is 890. The molecular weight excluding hydrogens is 356 g/mol. The second-order valence-electron chi connectivity index (χ2n) is 7.04. The minimum absolute atomic E-state index is 0.0539. The van der Waals surface area contributed by atoms with Crippen molar-refractivity contribution in [2.24, 2.45) is 0 Å². The van der Waals surface area contributed by atoms with Crippen LogP contribution in [0.4, 0.5) is 11.4 Å². The molecule has 0 bridgehead atoms. The molecule has 146 valence electrons. The number of esters is 1. The van der Waals surface area contributed by atoms with Crippen molar-refractivity contribution in [3.05, 3.63) is 53.6 Å². The maximum absolute atomic E-state index is 12.8. The molecule has 2 heterocycles. The number of anilines is 2. The Kier molecular flexibility index (Phi) is 5.19. The molecule has 28 heavy (non-hydrogen) atoms. The van der Waals surface area contributed by atoms with Gasteiger partial charge in [-0.05, 0) is 49.6 Å². The first-order chi connectivity index (χ1) is 13.7. The molecule has 0 aliphatic carbocycles. The van der Waals surface area contributed by atoms with E-state index in [1.807, 2.05) is 46.2 Å². The number of fused-ring (bicyclic) bond motifs is 1. The molecule has 0 N–H and O–H groups in total. The lowest BCUT2D eigenvalue weighted by atomic mass is 10.1. The molecule has 0 aromatic heterocycles. The van der Waals surface area contributed by atoms with Crippen molar-refractivity contribution in [2.45, 2.75) is 19.3 Å². The Morgan fingerprint density at radius 2 is 1.75 bits per heavy atom. The van der Waals surface area contributed by atoms with Gasteiger partial charge in [-0.3, -0.25) is 4.79 Å². The number of ether oxygens (including phenoxy) is 2. The smallest absolute Gasteiger partial charge is 0.339 e. The van der Waals surface area contributed by atoms with Gasteiger partial charge in [0.05, 0.1) is 30.6 Å². The van der Waals surface area contributed by atoms with Gasteiger partial charge in [-0.2, -0.15) is 0 Å². The zero-order valence-electron chi connectivity index (χ0n) is 16.0. The highest BCUT2D eigenvalue weighted by Gasteiger charge is 2.26. The zero-order chi connectivity index (χ0) is 19.5. The molecule has 0 spiro atoms. The maximum Gasteiger partial charge on any atom is 0.339 e. The van der Waals surface area contributed by atoms with Gasteiger partial charge in [0.15, 0.2) is 0 Å². The fraction of sp³-hybridized carbons (Fsp3) is 0.364. The second-order valence-corrected chi connectivity index (χ2v) is 7.04. The molecule has 0 unspecified atom stereocenters. The van der Waals surface area contributed by atoms with Crippen molar-refractivity contribution in [3.8, 4) is 5.75 Å². The molecule has 2 aliphatic heterocycles. The van der Waals surface area contributed by atoms with Gasteiger partial charge in [0, 0.05) is 18.7 Å². The van der Waals surface area contributed by atoms with E-state index in [-0.39, 0.29) is 11.9 Å². The standard InChI is InChI=1S/C22H24N2O4/c1-27-22(26)17-7-3-4-8-18(17)24-13-14-28-20-15-16(9-10-19(20)24)21(25)23-11-5-2-6-12-23/h3-4,7-10,15H,2,5-6,11-14H2,1H3. The van der Waals surface area contributed by atoms with Crippen LogP contribution in [0.2, 0.25) is 0 Å². The van der Waals surface area contributed by atoms with Gasteiger partial charge in [-0.25, -0.2) is 4.79 Å². The van der Waals surface area contributed by atoms with Crippen molar-refractivity contribution < 1.29 is 19.1 Å². The Balaban J connectivity index is 1.66. The molecule has 6 nitrogen and oxygen atoms in total. The molecule has 1 fully saturated rings. The van der Waals surface area contributed by atoms with E-state index in [9.17, 15) is 9.59 Å². The van der Waals surface area contributed by atoms with Crippen LogP contribution in [0.25, 0.3) is 0 Å². The fourth-order valence-electron chi connectivity index (χ4n) is 3.87. The largest absolute Gasteiger partial charge is 0.490 e. The monoisotopic (exact) mass is 380 g/mol. The third-order valence-electron chi connectivity index (χ3n) is 5.31. The quantitative estimate of drug-likeness (QED) is 0.761. The first-order valence-corrected chi connectivity index (χ1v) is 9.70. The van der Waals surface area contributed by atoms with E-state index < -0.39 is 0 Å². The zero-order valence-corrected chi connectivity index (χ0v) is 16.0. The van der Waals surface area contributed by atoms with Gasteiger partial charge in [0.1, 0.15) is 12.4 Å². The summed E-state index contributed by atoms with van der Waals surface area (Å²) in [5.41, 5.74) is 2.77. The van der Waals surface area contributed by atoms with E-state index in [0.29, 0.717) is 30.0 Å². The van der Waals surface area contributed by atoms with Crippen LogP contribution in [-0.4, -0.2) is 50.1 Å². The highest BCUT2D eigenvalue weighted by Crippen LogP contribution is 2.39. The third kappa shape index (κ3) is 3.42. The third-order valence-corrected chi connectivity index (χ3v) is 5.31. The van der Waals surface area contributed by atoms with Crippen LogP contribution < -0.4 is 9.64 Å². The number of para-hydroxylation sites is 1. The van der Waals surface area contributed by atoms with E-state index in [2.05, 4.69) is 0 Å². The van der Waals surface area contributed by atoms with Crippen LogP contribution in [0.15, 0.2) is 42.5 Å². The molecule has 4 rings (SSSR count). The molecule has 1 amide bonds. The maximum atomic E-state index is 12.8. The van der Waals surface area contributed by atoms with Gasteiger partial charge < -0.3 is 19.3 Å². The van der Waals surface area contributed by atoms with Crippen LogP contribution >= 0.6 is 0 Å². The second kappa shape index (κ2) is 7.92. The highest BCUT2D eigenvalue weighted by atomic mass is 16.5. The average Bonchev–Trinajstić information content (AvgIpc) is 2.77. The van der Waals surface area contributed by atoms with E-state index in [0.717, 1.165) is 37.3 Å². The van der Waals surface area contributed by atoms with Crippen molar-refractivity contribution in [1.82, 2.24) is 4.90 Å². The van der Waals surface area contributed by atoms with Crippen LogP contribution in [0.3, 0.4) is 0 Å². The molecule has 0 saturated carbocycles. The van der Waals surface area contributed by atoms with Crippen molar-refractivity contribution in [2.75, 3.05) is 38.3 Å². The summed E-state index contributed by atoms with van der Waals surface area (Å²) in [6, 6.07) is 12.9. The Hall–Kier alpha value is -3.02. The van der Waals surface area contributed by atoms with Crippen LogP contribution in [-0.2, 0) is 4.74 Å². The van der Waals surface area contributed by atoms with Crippen LogP contribution in [0.5, 0.6) is 5.75 Å². The van der Waals surface area contributed by atoms with E-state index >= 15 is 0 Å². The summed E-state index contributed by atoms with van der Waals surface area (Å²) in [5.74, 6) is 0.340. The van der Waals surface area contributed by atoms with Gasteiger partial charge in [0.2, 0.25) is 0 Å².